The zero-order valence-corrected chi connectivity index (χ0v) is 10.5. The lowest BCUT2D eigenvalue weighted by Gasteiger charge is -2.35. The van der Waals surface area contributed by atoms with E-state index in [0.29, 0.717) is 17.6 Å². The van der Waals surface area contributed by atoms with Crippen LogP contribution in [0.15, 0.2) is 6.07 Å². The number of anilines is 1. The number of aromatic nitrogens is 2. The second-order valence-electron chi connectivity index (χ2n) is 4.63. The predicted octanol–water partition coefficient (Wildman–Crippen LogP) is 1.41. The molecule has 17 heavy (non-hydrogen) atoms. The Morgan fingerprint density at radius 1 is 1.59 bits per heavy atom. The van der Waals surface area contributed by atoms with Gasteiger partial charge in [0, 0.05) is 25.7 Å². The third-order valence-electron chi connectivity index (χ3n) is 3.48. The summed E-state index contributed by atoms with van der Waals surface area (Å²) in [6.07, 6.45) is 4.43. The highest BCUT2D eigenvalue weighted by molar-refractivity contribution is 5.93. The van der Waals surface area contributed by atoms with Crippen molar-refractivity contribution >= 4 is 11.7 Å². The number of rotatable bonds is 2. The number of carbonyl (C=O) groups is 1. The van der Waals surface area contributed by atoms with E-state index in [4.69, 9.17) is 5.73 Å². The van der Waals surface area contributed by atoms with Crippen molar-refractivity contribution in [1.29, 1.82) is 0 Å². The number of carbonyl (C=O) groups excluding carboxylic acids is 1. The van der Waals surface area contributed by atoms with Gasteiger partial charge in [0.1, 0.15) is 11.5 Å². The van der Waals surface area contributed by atoms with Gasteiger partial charge in [0.25, 0.3) is 5.91 Å². The first-order valence-electron chi connectivity index (χ1n) is 6.24. The van der Waals surface area contributed by atoms with Gasteiger partial charge in [-0.15, -0.1) is 0 Å². The molecule has 1 saturated heterocycles. The fourth-order valence-electron chi connectivity index (χ4n) is 2.53. The smallest absolute Gasteiger partial charge is 0.272 e. The lowest BCUT2D eigenvalue weighted by atomic mass is 9.99. The minimum Gasteiger partial charge on any atom is -0.382 e. The number of piperidine rings is 1. The average molecular weight is 236 g/mol. The first-order chi connectivity index (χ1) is 8.13. The summed E-state index contributed by atoms with van der Waals surface area (Å²) in [5.41, 5.74) is 6.20. The fourth-order valence-corrected chi connectivity index (χ4v) is 2.53. The molecule has 1 amide bonds. The average Bonchev–Trinajstić information content (AvgIpc) is 2.67. The van der Waals surface area contributed by atoms with Crippen LogP contribution in [-0.2, 0) is 7.05 Å². The fraction of sp³-hybridized carbons (Fsp3) is 0.667. The largest absolute Gasteiger partial charge is 0.382 e. The Kier molecular flexibility index (Phi) is 3.36. The number of hydrogen-bond donors (Lipinski definition) is 1. The highest BCUT2D eigenvalue weighted by Gasteiger charge is 2.27. The van der Waals surface area contributed by atoms with Gasteiger partial charge < -0.3 is 10.6 Å². The van der Waals surface area contributed by atoms with Crippen molar-refractivity contribution in [1.82, 2.24) is 14.7 Å². The van der Waals surface area contributed by atoms with Crippen LogP contribution in [0.25, 0.3) is 0 Å². The minimum absolute atomic E-state index is 0.0586. The van der Waals surface area contributed by atoms with E-state index in [2.05, 4.69) is 12.0 Å². The molecule has 1 fully saturated rings. The van der Waals surface area contributed by atoms with E-state index in [0.717, 1.165) is 25.8 Å². The topological polar surface area (TPSA) is 64.2 Å². The second-order valence-corrected chi connectivity index (χ2v) is 4.63. The summed E-state index contributed by atoms with van der Waals surface area (Å²) in [6.45, 7) is 2.98. The van der Waals surface area contributed by atoms with Gasteiger partial charge in [-0.3, -0.25) is 9.48 Å². The van der Waals surface area contributed by atoms with Crippen LogP contribution in [-0.4, -0.2) is 33.2 Å². The van der Waals surface area contributed by atoms with Crippen LogP contribution in [0.3, 0.4) is 0 Å². The third-order valence-corrected chi connectivity index (χ3v) is 3.48. The summed E-state index contributed by atoms with van der Waals surface area (Å²) in [5, 5.41) is 4.02. The molecular formula is C12H20N4O. The minimum atomic E-state index is 0.0586. The van der Waals surface area contributed by atoms with Gasteiger partial charge in [-0.05, 0) is 25.7 Å². The quantitative estimate of drug-likeness (QED) is 0.844. The molecule has 1 aromatic heterocycles. The summed E-state index contributed by atoms with van der Waals surface area (Å²) in [7, 11) is 1.76. The molecule has 94 valence electrons. The molecule has 0 aliphatic carbocycles. The first kappa shape index (κ1) is 12.0. The maximum Gasteiger partial charge on any atom is 0.272 e. The highest BCUT2D eigenvalue weighted by Crippen LogP contribution is 2.22. The van der Waals surface area contributed by atoms with Crippen molar-refractivity contribution < 1.29 is 4.79 Å². The second kappa shape index (κ2) is 4.77. The van der Waals surface area contributed by atoms with Crippen molar-refractivity contribution in [3.8, 4) is 0 Å². The lowest BCUT2D eigenvalue weighted by Crippen LogP contribution is -2.44. The summed E-state index contributed by atoms with van der Waals surface area (Å²) < 4.78 is 1.57. The number of nitrogens with zero attached hydrogens (tertiary/aromatic N) is 3. The van der Waals surface area contributed by atoms with E-state index in [1.54, 1.807) is 17.8 Å². The van der Waals surface area contributed by atoms with Gasteiger partial charge in [0.05, 0.1) is 0 Å². The molecule has 1 aliphatic rings. The Morgan fingerprint density at radius 2 is 2.35 bits per heavy atom. The molecule has 0 saturated carbocycles. The predicted molar refractivity (Wildman–Crippen MR) is 66.6 cm³/mol. The van der Waals surface area contributed by atoms with Gasteiger partial charge in [-0.2, -0.15) is 5.10 Å². The number of hydrogen-bond acceptors (Lipinski definition) is 3. The summed E-state index contributed by atoms with van der Waals surface area (Å²) in [4.78, 5) is 14.4. The van der Waals surface area contributed by atoms with Gasteiger partial charge in [-0.25, -0.2) is 0 Å². The first-order valence-corrected chi connectivity index (χ1v) is 6.24. The molecule has 1 unspecified atom stereocenters. The van der Waals surface area contributed by atoms with Crippen LogP contribution < -0.4 is 5.73 Å². The molecule has 0 aromatic carbocycles. The standard InChI is InChI=1S/C12H20N4O/c1-3-9-6-4-5-7-16(9)12(17)10-8-11(13)14-15(10)2/h8-9H,3-7H2,1-2H3,(H2,13,14). The van der Waals surface area contributed by atoms with Crippen molar-refractivity contribution in [2.75, 3.05) is 12.3 Å². The summed E-state index contributed by atoms with van der Waals surface area (Å²) in [5.74, 6) is 0.462. The molecule has 2 N–H and O–H groups in total. The van der Waals surface area contributed by atoms with Crippen LogP contribution in [0.2, 0.25) is 0 Å². The van der Waals surface area contributed by atoms with Crippen LogP contribution in [0.4, 0.5) is 5.82 Å². The number of aryl methyl sites for hydroxylation is 1. The third kappa shape index (κ3) is 2.28. The van der Waals surface area contributed by atoms with Crippen molar-refractivity contribution in [2.24, 2.45) is 7.05 Å². The Morgan fingerprint density at radius 3 is 2.94 bits per heavy atom. The molecular weight excluding hydrogens is 216 g/mol. The molecule has 0 bridgehead atoms. The molecule has 0 radical (unpaired) electrons. The highest BCUT2D eigenvalue weighted by atomic mass is 16.2. The zero-order chi connectivity index (χ0) is 12.4. The number of amides is 1. The van der Waals surface area contributed by atoms with Gasteiger partial charge in [-0.1, -0.05) is 6.92 Å². The number of nitrogen functional groups attached to an aromatic ring is 1. The van der Waals surface area contributed by atoms with Crippen molar-refractivity contribution in [3.63, 3.8) is 0 Å². The van der Waals surface area contributed by atoms with E-state index >= 15 is 0 Å². The van der Waals surface area contributed by atoms with E-state index in [9.17, 15) is 4.79 Å². The van der Waals surface area contributed by atoms with Crippen molar-refractivity contribution in [2.45, 2.75) is 38.6 Å². The van der Waals surface area contributed by atoms with E-state index in [-0.39, 0.29) is 5.91 Å². The maximum absolute atomic E-state index is 12.4. The molecule has 1 atom stereocenters. The molecule has 5 heteroatoms. The van der Waals surface area contributed by atoms with Crippen LogP contribution >= 0.6 is 0 Å². The summed E-state index contributed by atoms with van der Waals surface area (Å²) >= 11 is 0. The monoisotopic (exact) mass is 236 g/mol. The Labute approximate surface area is 102 Å². The molecule has 5 nitrogen and oxygen atoms in total. The Bertz CT molecular complexity index is 413. The normalized spacial score (nSPS) is 20.6. The number of likely N-dealkylation sites (tertiary alicyclic amines) is 1. The van der Waals surface area contributed by atoms with Crippen LogP contribution in [0.5, 0.6) is 0 Å². The molecule has 1 aliphatic heterocycles. The molecule has 1 aromatic rings. The SMILES string of the molecule is CCC1CCCCN1C(=O)c1cc(N)nn1C. The Hall–Kier alpha value is -1.52. The Balaban J connectivity index is 2.21. The van der Waals surface area contributed by atoms with E-state index < -0.39 is 0 Å². The van der Waals surface area contributed by atoms with Crippen molar-refractivity contribution in [3.05, 3.63) is 11.8 Å². The maximum atomic E-state index is 12.4. The molecule has 0 spiro atoms. The molecule has 2 rings (SSSR count). The lowest BCUT2D eigenvalue weighted by molar-refractivity contribution is 0.0596. The van der Waals surface area contributed by atoms with E-state index in [1.807, 2.05) is 4.90 Å². The van der Waals surface area contributed by atoms with Crippen LogP contribution in [0, 0.1) is 0 Å². The number of nitrogens with two attached hydrogens (primary N) is 1. The van der Waals surface area contributed by atoms with Gasteiger partial charge in [0.2, 0.25) is 0 Å². The van der Waals surface area contributed by atoms with Gasteiger partial charge >= 0.3 is 0 Å². The zero-order valence-electron chi connectivity index (χ0n) is 10.5. The van der Waals surface area contributed by atoms with Gasteiger partial charge in [0.15, 0.2) is 0 Å². The van der Waals surface area contributed by atoms with E-state index in [1.165, 1.54) is 6.42 Å². The van der Waals surface area contributed by atoms with Crippen LogP contribution in [0.1, 0.15) is 43.1 Å². The molecule has 2 heterocycles. The summed E-state index contributed by atoms with van der Waals surface area (Å²) in [6, 6.07) is 2.02.